The van der Waals surface area contributed by atoms with E-state index in [4.69, 9.17) is 10.00 Å². The van der Waals surface area contributed by atoms with Crippen molar-refractivity contribution in [2.75, 3.05) is 0 Å². The predicted octanol–water partition coefficient (Wildman–Crippen LogP) is 2.12. The van der Waals surface area contributed by atoms with Crippen LogP contribution >= 0.6 is 15.9 Å². The Labute approximate surface area is 84.1 Å². The van der Waals surface area contributed by atoms with Crippen LogP contribution in [0.4, 0.5) is 0 Å². The van der Waals surface area contributed by atoms with Crippen molar-refractivity contribution >= 4 is 22.2 Å². The largest absolute Gasteiger partial charge is 0.464 e. The summed E-state index contributed by atoms with van der Waals surface area (Å²) in [6.07, 6.45) is 0.687. The van der Waals surface area contributed by atoms with Gasteiger partial charge in [0, 0.05) is 0 Å². The SMILES string of the molecule is N#CC(Br)Oc1ccccc1C=O. The maximum Gasteiger partial charge on any atom is 0.238 e. The molecule has 13 heavy (non-hydrogen) atoms. The quantitative estimate of drug-likeness (QED) is 0.600. The standard InChI is InChI=1S/C9H6BrNO2/c10-9(5-11)13-8-4-2-1-3-7(8)6-12/h1-4,6,9H. The number of rotatable bonds is 3. The molecule has 66 valence electrons. The molecular weight excluding hydrogens is 234 g/mol. The van der Waals surface area contributed by atoms with Crippen molar-refractivity contribution in [1.82, 2.24) is 0 Å². The zero-order chi connectivity index (χ0) is 9.68. The maximum atomic E-state index is 10.5. The lowest BCUT2D eigenvalue weighted by molar-refractivity contribution is 0.112. The third-order valence-corrected chi connectivity index (χ3v) is 1.77. The summed E-state index contributed by atoms with van der Waals surface area (Å²) in [7, 11) is 0. The van der Waals surface area contributed by atoms with Crippen molar-refractivity contribution in [2.45, 2.75) is 5.01 Å². The van der Waals surface area contributed by atoms with Crippen LogP contribution in [-0.4, -0.2) is 11.3 Å². The Balaban J connectivity index is 2.88. The molecule has 1 aromatic carbocycles. The average molecular weight is 240 g/mol. The number of hydrogen-bond acceptors (Lipinski definition) is 3. The molecule has 1 rings (SSSR count). The topological polar surface area (TPSA) is 50.1 Å². The summed E-state index contributed by atoms with van der Waals surface area (Å²) in [6.45, 7) is 0. The third kappa shape index (κ3) is 2.56. The number of aldehydes is 1. The molecule has 1 unspecified atom stereocenters. The van der Waals surface area contributed by atoms with Crippen molar-refractivity contribution in [3.05, 3.63) is 29.8 Å². The number of nitrogens with zero attached hydrogens (tertiary/aromatic N) is 1. The molecule has 3 nitrogen and oxygen atoms in total. The molecule has 4 heteroatoms. The van der Waals surface area contributed by atoms with Crippen LogP contribution in [0.2, 0.25) is 0 Å². The van der Waals surface area contributed by atoms with E-state index >= 15 is 0 Å². The molecule has 0 aromatic heterocycles. The van der Waals surface area contributed by atoms with Gasteiger partial charge in [-0.15, -0.1) is 0 Å². The average Bonchev–Trinajstić information content (AvgIpc) is 2.18. The number of para-hydroxylation sites is 1. The summed E-state index contributed by atoms with van der Waals surface area (Å²) in [5, 5.41) is 7.72. The molecule has 0 aliphatic rings. The van der Waals surface area contributed by atoms with Crippen LogP contribution in [0.1, 0.15) is 10.4 Å². The smallest absolute Gasteiger partial charge is 0.238 e. The molecule has 0 fully saturated rings. The van der Waals surface area contributed by atoms with Crippen LogP contribution in [-0.2, 0) is 0 Å². The first kappa shape index (κ1) is 9.75. The van der Waals surface area contributed by atoms with Gasteiger partial charge in [-0.25, -0.2) is 0 Å². The fourth-order valence-corrected chi connectivity index (χ4v) is 1.02. The van der Waals surface area contributed by atoms with Crippen LogP contribution in [0.25, 0.3) is 0 Å². The van der Waals surface area contributed by atoms with E-state index in [0.29, 0.717) is 17.6 Å². The first-order valence-electron chi connectivity index (χ1n) is 3.52. The Morgan fingerprint density at radius 2 is 2.23 bits per heavy atom. The third-order valence-electron chi connectivity index (χ3n) is 1.38. The predicted molar refractivity (Wildman–Crippen MR) is 50.8 cm³/mol. The van der Waals surface area contributed by atoms with Gasteiger partial charge in [0.2, 0.25) is 5.01 Å². The van der Waals surface area contributed by atoms with E-state index in [0.717, 1.165) is 0 Å². The number of alkyl halides is 1. The Morgan fingerprint density at radius 3 is 2.85 bits per heavy atom. The van der Waals surface area contributed by atoms with Crippen LogP contribution in [0.3, 0.4) is 0 Å². The highest BCUT2D eigenvalue weighted by molar-refractivity contribution is 9.09. The zero-order valence-electron chi connectivity index (χ0n) is 6.61. The number of carbonyl (C=O) groups excluding carboxylic acids is 1. The summed E-state index contributed by atoms with van der Waals surface area (Å²) >= 11 is 2.98. The molecule has 0 bridgehead atoms. The second-order valence-corrected chi connectivity index (χ2v) is 3.05. The van der Waals surface area contributed by atoms with Gasteiger partial charge in [0.15, 0.2) is 6.29 Å². The molecule has 0 aliphatic heterocycles. The Bertz CT molecular complexity index is 346. The number of hydrogen-bond donors (Lipinski definition) is 0. The Morgan fingerprint density at radius 1 is 1.54 bits per heavy atom. The van der Waals surface area contributed by atoms with Gasteiger partial charge in [0.25, 0.3) is 0 Å². The number of ether oxygens (including phenoxy) is 1. The van der Waals surface area contributed by atoms with Crippen molar-refractivity contribution in [3.8, 4) is 11.8 Å². The van der Waals surface area contributed by atoms with Gasteiger partial charge < -0.3 is 4.74 Å². The lowest BCUT2D eigenvalue weighted by Crippen LogP contribution is -2.05. The number of carbonyl (C=O) groups is 1. The highest BCUT2D eigenvalue weighted by atomic mass is 79.9. The van der Waals surface area contributed by atoms with Gasteiger partial charge >= 0.3 is 0 Å². The summed E-state index contributed by atoms with van der Waals surface area (Å²) in [5.74, 6) is 0.404. The normalized spacial score (nSPS) is 11.4. The first-order valence-corrected chi connectivity index (χ1v) is 4.44. The molecular formula is C9H6BrNO2. The van der Waals surface area contributed by atoms with Crippen LogP contribution in [0, 0.1) is 11.3 Å². The zero-order valence-corrected chi connectivity index (χ0v) is 8.19. The summed E-state index contributed by atoms with van der Waals surface area (Å²) in [4.78, 5) is 10.5. The molecule has 0 saturated carbocycles. The van der Waals surface area contributed by atoms with Crippen LogP contribution in [0.15, 0.2) is 24.3 Å². The van der Waals surface area contributed by atoms with E-state index in [2.05, 4.69) is 15.9 Å². The number of nitriles is 1. The lowest BCUT2D eigenvalue weighted by Gasteiger charge is -2.07. The van der Waals surface area contributed by atoms with E-state index in [1.807, 2.05) is 6.07 Å². The van der Waals surface area contributed by atoms with E-state index < -0.39 is 5.01 Å². The minimum Gasteiger partial charge on any atom is -0.464 e. The minimum atomic E-state index is -0.728. The van der Waals surface area contributed by atoms with Crippen LogP contribution < -0.4 is 4.74 Å². The summed E-state index contributed by atoms with van der Waals surface area (Å²) in [5.41, 5.74) is 0.433. The number of benzene rings is 1. The Kier molecular flexibility index (Phi) is 3.47. The van der Waals surface area contributed by atoms with Crippen molar-refractivity contribution < 1.29 is 9.53 Å². The molecule has 0 heterocycles. The van der Waals surface area contributed by atoms with Crippen LogP contribution in [0.5, 0.6) is 5.75 Å². The first-order chi connectivity index (χ1) is 6.27. The molecule has 0 spiro atoms. The molecule has 0 saturated heterocycles. The van der Waals surface area contributed by atoms with Gasteiger partial charge in [-0.05, 0) is 28.1 Å². The van der Waals surface area contributed by atoms with Gasteiger partial charge in [-0.2, -0.15) is 5.26 Å². The van der Waals surface area contributed by atoms with Gasteiger partial charge in [-0.3, -0.25) is 4.79 Å². The lowest BCUT2D eigenvalue weighted by atomic mass is 10.2. The van der Waals surface area contributed by atoms with E-state index in [1.54, 1.807) is 24.3 Å². The molecule has 0 radical (unpaired) electrons. The Hall–Kier alpha value is -1.34. The molecule has 1 aromatic rings. The monoisotopic (exact) mass is 239 g/mol. The summed E-state index contributed by atoms with van der Waals surface area (Å²) < 4.78 is 5.11. The fraction of sp³-hybridized carbons (Fsp3) is 0.111. The van der Waals surface area contributed by atoms with Gasteiger partial charge in [0.1, 0.15) is 11.8 Å². The van der Waals surface area contributed by atoms with E-state index in [9.17, 15) is 4.79 Å². The highest BCUT2D eigenvalue weighted by Crippen LogP contribution is 2.18. The van der Waals surface area contributed by atoms with Crippen molar-refractivity contribution in [1.29, 1.82) is 5.26 Å². The van der Waals surface area contributed by atoms with Gasteiger partial charge in [-0.1, -0.05) is 12.1 Å². The summed E-state index contributed by atoms with van der Waals surface area (Å²) in [6, 6.07) is 8.57. The molecule has 0 N–H and O–H groups in total. The fourth-order valence-electron chi connectivity index (χ4n) is 0.823. The van der Waals surface area contributed by atoms with E-state index in [-0.39, 0.29) is 0 Å². The second kappa shape index (κ2) is 4.63. The minimum absolute atomic E-state index is 0.404. The second-order valence-electron chi connectivity index (χ2n) is 2.22. The van der Waals surface area contributed by atoms with Crippen molar-refractivity contribution in [2.24, 2.45) is 0 Å². The van der Waals surface area contributed by atoms with Crippen molar-refractivity contribution in [3.63, 3.8) is 0 Å². The highest BCUT2D eigenvalue weighted by Gasteiger charge is 2.06. The van der Waals surface area contributed by atoms with Gasteiger partial charge in [0.05, 0.1) is 5.56 Å². The molecule has 0 amide bonds. The number of halogens is 1. The molecule has 1 atom stereocenters. The van der Waals surface area contributed by atoms with E-state index in [1.165, 1.54) is 0 Å². The molecule has 0 aliphatic carbocycles. The maximum absolute atomic E-state index is 10.5.